The van der Waals surface area contributed by atoms with Gasteiger partial charge in [0, 0.05) is 25.7 Å². The van der Waals surface area contributed by atoms with Crippen molar-refractivity contribution in [3.8, 4) is 5.75 Å². The van der Waals surface area contributed by atoms with E-state index in [1.807, 2.05) is 0 Å². The number of likely N-dealkylation sites (N-methyl/N-ethyl adjacent to an activating group) is 1. The smallest absolute Gasteiger partial charge is 0.251 e. The Hall–Kier alpha value is -2.39. The van der Waals surface area contributed by atoms with E-state index in [0.29, 0.717) is 17.0 Å². The molecule has 0 saturated carbocycles. The molecule has 0 spiro atoms. The van der Waals surface area contributed by atoms with Gasteiger partial charge in [-0.15, -0.1) is 0 Å². The number of benzene rings is 1. The second-order valence-corrected chi connectivity index (χ2v) is 7.45. The van der Waals surface area contributed by atoms with Gasteiger partial charge >= 0.3 is 0 Å². The topological polar surface area (TPSA) is 102 Å². The summed E-state index contributed by atoms with van der Waals surface area (Å²) in [5, 5.41) is 6.36. The molecule has 0 bridgehead atoms. The summed E-state index contributed by atoms with van der Waals surface area (Å²) < 4.78 is 36.3. The van der Waals surface area contributed by atoms with Crippen LogP contribution in [0.15, 0.2) is 33.7 Å². The molecule has 0 atom stereocenters. The predicted molar refractivity (Wildman–Crippen MR) is 91.1 cm³/mol. The first-order chi connectivity index (χ1) is 11.8. The largest absolute Gasteiger partial charge is 0.497 e. The van der Waals surface area contributed by atoms with Gasteiger partial charge in [-0.05, 0) is 32.0 Å². The van der Waals surface area contributed by atoms with Gasteiger partial charge in [-0.1, -0.05) is 11.2 Å². The van der Waals surface area contributed by atoms with Crippen molar-refractivity contribution in [2.24, 2.45) is 0 Å². The van der Waals surface area contributed by atoms with Gasteiger partial charge in [0.25, 0.3) is 5.91 Å². The number of aromatic nitrogens is 1. The van der Waals surface area contributed by atoms with Crippen molar-refractivity contribution in [2.45, 2.75) is 18.7 Å². The zero-order valence-corrected chi connectivity index (χ0v) is 15.4. The SMILES string of the molecule is COc1cccc(C(=O)NCCN(C)S(=O)(=O)c2c(C)noc2C)c1. The average Bonchev–Trinajstić information content (AvgIpc) is 2.93. The first kappa shape index (κ1) is 18.9. The standard InChI is InChI=1S/C16H21N3O5S/c1-11-15(12(2)24-18-11)25(21,22)19(3)9-8-17-16(20)13-6-5-7-14(10-13)23-4/h5-7,10H,8-9H2,1-4H3,(H,17,20). The molecular weight excluding hydrogens is 346 g/mol. The number of amides is 1. The third-order valence-corrected chi connectivity index (χ3v) is 5.78. The first-order valence-electron chi connectivity index (χ1n) is 7.59. The van der Waals surface area contributed by atoms with Gasteiger partial charge in [0.05, 0.1) is 7.11 Å². The molecule has 0 radical (unpaired) electrons. The monoisotopic (exact) mass is 367 g/mol. The summed E-state index contributed by atoms with van der Waals surface area (Å²) in [7, 11) is -0.762. The number of hydrogen-bond acceptors (Lipinski definition) is 6. The number of nitrogens with one attached hydrogen (secondary N) is 1. The van der Waals surface area contributed by atoms with Crippen molar-refractivity contribution < 1.29 is 22.5 Å². The van der Waals surface area contributed by atoms with Crippen LogP contribution in [0.2, 0.25) is 0 Å². The van der Waals surface area contributed by atoms with Crippen LogP contribution in [0.4, 0.5) is 0 Å². The van der Waals surface area contributed by atoms with Crippen LogP contribution in [-0.2, 0) is 10.0 Å². The molecule has 1 aromatic carbocycles. The number of nitrogens with zero attached hydrogens (tertiary/aromatic N) is 2. The first-order valence-corrected chi connectivity index (χ1v) is 9.03. The Bertz CT molecular complexity index is 841. The van der Waals surface area contributed by atoms with E-state index in [9.17, 15) is 13.2 Å². The van der Waals surface area contributed by atoms with E-state index in [2.05, 4.69) is 10.5 Å². The number of carbonyl (C=O) groups is 1. The van der Waals surface area contributed by atoms with Crippen LogP contribution in [0.1, 0.15) is 21.8 Å². The van der Waals surface area contributed by atoms with E-state index in [1.165, 1.54) is 14.2 Å². The van der Waals surface area contributed by atoms with Crippen LogP contribution in [0.25, 0.3) is 0 Å². The number of rotatable bonds is 7. The molecule has 1 aromatic heterocycles. The molecule has 0 fully saturated rings. The second kappa shape index (κ2) is 7.66. The quantitative estimate of drug-likeness (QED) is 0.793. The highest BCUT2D eigenvalue weighted by atomic mass is 32.2. The fourth-order valence-corrected chi connectivity index (χ4v) is 3.77. The van der Waals surface area contributed by atoms with E-state index < -0.39 is 10.0 Å². The molecule has 2 rings (SSSR count). The fourth-order valence-electron chi connectivity index (χ4n) is 2.31. The van der Waals surface area contributed by atoms with E-state index in [0.717, 1.165) is 4.31 Å². The molecule has 1 heterocycles. The Balaban J connectivity index is 1.98. The van der Waals surface area contributed by atoms with Crippen molar-refractivity contribution in [1.82, 2.24) is 14.8 Å². The minimum absolute atomic E-state index is 0.0640. The van der Waals surface area contributed by atoms with Crippen LogP contribution in [0, 0.1) is 13.8 Å². The number of sulfonamides is 1. The molecule has 2 aromatic rings. The average molecular weight is 367 g/mol. The minimum Gasteiger partial charge on any atom is -0.497 e. The minimum atomic E-state index is -3.72. The lowest BCUT2D eigenvalue weighted by atomic mass is 10.2. The molecule has 9 heteroatoms. The summed E-state index contributed by atoms with van der Waals surface area (Å²) in [5.74, 6) is 0.512. The Kier molecular flexibility index (Phi) is 5.81. The van der Waals surface area contributed by atoms with Gasteiger partial charge in [-0.25, -0.2) is 8.42 Å². The highest BCUT2D eigenvalue weighted by Gasteiger charge is 2.28. The van der Waals surface area contributed by atoms with E-state index in [-0.39, 0.29) is 29.7 Å². The van der Waals surface area contributed by atoms with Crippen LogP contribution in [0.5, 0.6) is 5.75 Å². The summed E-state index contributed by atoms with van der Waals surface area (Å²) in [6.07, 6.45) is 0. The van der Waals surface area contributed by atoms with Gasteiger partial charge in [-0.3, -0.25) is 4.79 Å². The summed E-state index contributed by atoms with van der Waals surface area (Å²) in [6.45, 7) is 3.39. The molecule has 1 N–H and O–H groups in total. The molecule has 0 aliphatic carbocycles. The van der Waals surface area contributed by atoms with Gasteiger partial charge in [-0.2, -0.15) is 4.31 Å². The number of aryl methyl sites for hydroxylation is 2. The van der Waals surface area contributed by atoms with Gasteiger partial charge in [0.1, 0.15) is 16.3 Å². The second-order valence-electron chi connectivity index (χ2n) is 5.47. The molecule has 25 heavy (non-hydrogen) atoms. The van der Waals surface area contributed by atoms with Gasteiger partial charge < -0.3 is 14.6 Å². The third-order valence-electron chi connectivity index (χ3n) is 3.68. The number of hydrogen-bond donors (Lipinski definition) is 1. The van der Waals surface area contributed by atoms with Crippen molar-refractivity contribution in [2.75, 3.05) is 27.2 Å². The van der Waals surface area contributed by atoms with Crippen LogP contribution < -0.4 is 10.1 Å². The fraction of sp³-hybridized carbons (Fsp3) is 0.375. The molecule has 8 nitrogen and oxygen atoms in total. The Morgan fingerprint density at radius 1 is 1.36 bits per heavy atom. The zero-order valence-electron chi connectivity index (χ0n) is 14.6. The van der Waals surface area contributed by atoms with Crippen LogP contribution >= 0.6 is 0 Å². The Morgan fingerprint density at radius 2 is 2.08 bits per heavy atom. The van der Waals surface area contributed by atoms with E-state index >= 15 is 0 Å². The summed E-state index contributed by atoms with van der Waals surface area (Å²) in [6, 6.07) is 6.71. The van der Waals surface area contributed by atoms with E-state index in [1.54, 1.807) is 38.1 Å². The third kappa shape index (κ3) is 4.18. The molecule has 136 valence electrons. The number of ether oxygens (including phenoxy) is 1. The highest BCUT2D eigenvalue weighted by Crippen LogP contribution is 2.22. The molecular formula is C16H21N3O5S. The number of methoxy groups -OCH3 is 1. The molecule has 1 amide bonds. The molecule has 0 unspecified atom stereocenters. The van der Waals surface area contributed by atoms with Crippen molar-refractivity contribution in [3.05, 3.63) is 41.3 Å². The van der Waals surface area contributed by atoms with Gasteiger partial charge in [0.2, 0.25) is 10.0 Å². The lowest BCUT2D eigenvalue weighted by Crippen LogP contribution is -2.36. The Morgan fingerprint density at radius 3 is 2.68 bits per heavy atom. The normalized spacial score (nSPS) is 11.6. The molecule has 0 aliphatic heterocycles. The lowest BCUT2D eigenvalue weighted by Gasteiger charge is -2.17. The molecule has 0 saturated heterocycles. The predicted octanol–water partition coefficient (Wildman–Crippen LogP) is 1.35. The van der Waals surface area contributed by atoms with Crippen molar-refractivity contribution in [3.63, 3.8) is 0 Å². The van der Waals surface area contributed by atoms with Crippen LogP contribution in [0.3, 0.4) is 0 Å². The van der Waals surface area contributed by atoms with Crippen molar-refractivity contribution >= 4 is 15.9 Å². The maximum absolute atomic E-state index is 12.6. The summed E-state index contributed by atoms with van der Waals surface area (Å²) in [4.78, 5) is 12.2. The highest BCUT2D eigenvalue weighted by molar-refractivity contribution is 7.89. The maximum atomic E-state index is 12.6. The summed E-state index contributed by atoms with van der Waals surface area (Å²) >= 11 is 0. The molecule has 0 aliphatic rings. The maximum Gasteiger partial charge on any atom is 0.251 e. The summed E-state index contributed by atoms with van der Waals surface area (Å²) in [5.41, 5.74) is 0.750. The van der Waals surface area contributed by atoms with Crippen molar-refractivity contribution in [1.29, 1.82) is 0 Å². The zero-order chi connectivity index (χ0) is 18.6. The number of carbonyl (C=O) groups excluding carboxylic acids is 1. The van der Waals surface area contributed by atoms with E-state index in [4.69, 9.17) is 9.26 Å². The van der Waals surface area contributed by atoms with Crippen LogP contribution in [-0.4, -0.2) is 51.0 Å². The lowest BCUT2D eigenvalue weighted by molar-refractivity contribution is 0.0952. The Labute approximate surface area is 146 Å². The van der Waals surface area contributed by atoms with Gasteiger partial charge in [0.15, 0.2) is 5.76 Å².